The van der Waals surface area contributed by atoms with Crippen LogP contribution >= 0.6 is 0 Å². The van der Waals surface area contributed by atoms with Crippen LogP contribution in [0.3, 0.4) is 0 Å². The van der Waals surface area contributed by atoms with Crippen molar-refractivity contribution >= 4 is 40.9 Å². The molecule has 354 valence electrons. The van der Waals surface area contributed by atoms with Crippen LogP contribution in [0.4, 0.5) is 34.1 Å². The molecule has 0 bridgehead atoms. The van der Waals surface area contributed by atoms with Crippen LogP contribution < -0.4 is 30.3 Å². The minimum Gasteiger partial charge on any atom is -0.497 e. The number of nitrogens with one attached hydrogen (secondary N) is 1. The highest BCUT2D eigenvalue weighted by molar-refractivity contribution is 6.00. The van der Waals surface area contributed by atoms with E-state index in [-0.39, 0.29) is 43.0 Å². The Labute approximate surface area is 382 Å². The number of Topliss-reactive ketones (excluding diaryl/α,β-unsaturated/α-hetero) is 2. The van der Waals surface area contributed by atoms with Gasteiger partial charge in [0.05, 0.1) is 51.8 Å². The third kappa shape index (κ3) is 13.9. The predicted octanol–water partition coefficient (Wildman–Crippen LogP) is 4.71. The molecule has 2 aliphatic rings. The number of aromatic nitrogens is 2. The average Bonchev–Trinajstić information content (AvgIpc) is 3.36. The number of halogens is 3. The number of hydrogen-bond donors (Lipinski definition) is 2. The van der Waals surface area contributed by atoms with E-state index in [2.05, 4.69) is 33.6 Å². The highest BCUT2D eigenvalue weighted by atomic mass is 19.4. The van der Waals surface area contributed by atoms with Crippen LogP contribution in [0.2, 0.25) is 0 Å². The van der Waals surface area contributed by atoms with E-state index in [1.165, 1.54) is 31.6 Å². The molecule has 2 aliphatic heterocycles. The Morgan fingerprint density at radius 1 is 0.652 bits per heavy atom. The van der Waals surface area contributed by atoms with Crippen molar-refractivity contribution in [2.75, 3.05) is 103 Å². The number of pyridine rings is 2. The van der Waals surface area contributed by atoms with Crippen LogP contribution in [0, 0.1) is 0 Å². The van der Waals surface area contributed by atoms with Crippen LogP contribution in [0.1, 0.15) is 46.0 Å². The van der Waals surface area contributed by atoms with Gasteiger partial charge < -0.3 is 40.1 Å². The topological polar surface area (TPSA) is 187 Å². The van der Waals surface area contributed by atoms with Gasteiger partial charge in [0.25, 0.3) is 0 Å². The minimum absolute atomic E-state index is 0.0381. The quantitative estimate of drug-likeness (QED) is 0.157. The van der Waals surface area contributed by atoms with Gasteiger partial charge in [-0.25, -0.2) is 9.59 Å². The van der Waals surface area contributed by atoms with E-state index in [4.69, 9.17) is 15.2 Å². The number of ether oxygens (including phenoxy) is 2. The number of piperazine rings is 2. The molecule has 66 heavy (non-hydrogen) atoms. The molecule has 0 atom stereocenters. The third-order valence-electron chi connectivity index (χ3n) is 11.2. The summed E-state index contributed by atoms with van der Waals surface area (Å²) in [5, 5.41) is 1.54. The van der Waals surface area contributed by atoms with Gasteiger partial charge in [-0.1, -0.05) is 26.0 Å². The van der Waals surface area contributed by atoms with Crippen molar-refractivity contribution in [2.45, 2.75) is 33.1 Å². The molecule has 2 aromatic heterocycles. The van der Waals surface area contributed by atoms with Gasteiger partial charge in [-0.3, -0.25) is 34.2 Å². The third-order valence-corrected chi connectivity index (χ3v) is 11.2. The fourth-order valence-electron chi connectivity index (χ4n) is 7.12. The number of likely N-dealkylation sites (N-methyl/N-ethyl adjacent to an activating group) is 2. The lowest BCUT2D eigenvalue weighted by atomic mass is 10.1. The van der Waals surface area contributed by atoms with Crippen molar-refractivity contribution in [1.82, 2.24) is 34.9 Å². The summed E-state index contributed by atoms with van der Waals surface area (Å²) < 4.78 is 47.6. The molecule has 2 aromatic carbocycles. The zero-order valence-electron chi connectivity index (χ0n) is 37.6. The number of hydrogen-bond acceptors (Lipinski definition) is 12. The Bertz CT molecular complexity index is 2250. The summed E-state index contributed by atoms with van der Waals surface area (Å²) in [5.41, 5.74) is 8.42. The second-order valence-electron chi connectivity index (χ2n) is 15.3. The maximum atomic E-state index is 13.5. The first-order valence-corrected chi connectivity index (χ1v) is 21.5. The second kappa shape index (κ2) is 24.0. The van der Waals surface area contributed by atoms with Gasteiger partial charge in [-0.05, 0) is 61.6 Å². The van der Waals surface area contributed by atoms with Gasteiger partial charge >= 0.3 is 24.1 Å². The number of nitrogens with two attached hydrogens (primary N) is 1. The van der Waals surface area contributed by atoms with Crippen molar-refractivity contribution in [1.29, 1.82) is 0 Å². The van der Waals surface area contributed by atoms with Crippen molar-refractivity contribution < 1.29 is 46.6 Å². The number of rotatable bonds is 15. The summed E-state index contributed by atoms with van der Waals surface area (Å²) in [4.78, 5) is 81.8. The molecule has 0 aliphatic carbocycles. The molecule has 20 heteroatoms. The van der Waals surface area contributed by atoms with Gasteiger partial charge in [0.1, 0.15) is 11.5 Å². The molecule has 6 rings (SSSR count). The first-order valence-electron chi connectivity index (χ1n) is 21.5. The van der Waals surface area contributed by atoms with Crippen LogP contribution in [-0.2, 0) is 17.9 Å². The van der Waals surface area contributed by atoms with Crippen LogP contribution in [0.15, 0.2) is 85.2 Å². The fraction of sp³-hybridized carbons (Fsp3) is 0.413. The van der Waals surface area contributed by atoms with E-state index in [1.54, 1.807) is 63.5 Å². The lowest BCUT2D eigenvalue weighted by Crippen LogP contribution is -2.52. The predicted molar refractivity (Wildman–Crippen MR) is 242 cm³/mol. The zero-order valence-corrected chi connectivity index (χ0v) is 37.6. The molecule has 5 amide bonds. The summed E-state index contributed by atoms with van der Waals surface area (Å²) in [7, 11) is 3.13. The molecule has 2 saturated heterocycles. The molecule has 4 aromatic rings. The molecule has 0 radical (unpaired) electrons. The van der Waals surface area contributed by atoms with E-state index in [0.29, 0.717) is 60.3 Å². The van der Waals surface area contributed by atoms with Crippen LogP contribution in [0.5, 0.6) is 11.5 Å². The summed E-state index contributed by atoms with van der Waals surface area (Å²) in [5.74, 6) is -1.81. The van der Waals surface area contributed by atoms with Gasteiger partial charge in [0.2, 0.25) is 0 Å². The maximum Gasteiger partial charge on any atom is 0.471 e. The molecule has 0 spiro atoms. The van der Waals surface area contributed by atoms with Crippen molar-refractivity contribution in [3.8, 4) is 11.5 Å². The number of amides is 5. The summed E-state index contributed by atoms with van der Waals surface area (Å²) >= 11 is 0. The Kier molecular flexibility index (Phi) is 18.3. The normalized spacial score (nSPS) is 14.4. The minimum atomic E-state index is -5.07. The summed E-state index contributed by atoms with van der Waals surface area (Å²) in [6.07, 6.45) is -2.34. The van der Waals surface area contributed by atoms with Gasteiger partial charge in [-0.15, -0.1) is 0 Å². The Morgan fingerprint density at radius 3 is 1.42 bits per heavy atom. The molecule has 17 nitrogen and oxygen atoms in total. The molecule has 0 saturated carbocycles. The molecule has 0 unspecified atom stereocenters. The first-order chi connectivity index (χ1) is 31.7. The maximum absolute atomic E-state index is 13.5. The number of methoxy groups -OCH3 is 2. The van der Waals surface area contributed by atoms with E-state index in [1.807, 2.05) is 29.2 Å². The first kappa shape index (κ1) is 50.4. The highest BCUT2D eigenvalue weighted by Crippen LogP contribution is 2.26. The monoisotopic (exact) mass is 918 g/mol. The summed E-state index contributed by atoms with van der Waals surface area (Å²) in [6.45, 7) is 11.4. The largest absolute Gasteiger partial charge is 0.497 e. The van der Waals surface area contributed by atoms with Crippen molar-refractivity contribution in [2.24, 2.45) is 5.73 Å². The van der Waals surface area contributed by atoms with E-state index < -0.39 is 24.4 Å². The second-order valence-corrected chi connectivity index (χ2v) is 15.3. The zero-order chi connectivity index (χ0) is 47.8. The fourth-order valence-corrected chi connectivity index (χ4v) is 7.12. The van der Waals surface area contributed by atoms with E-state index >= 15 is 0 Å². The van der Waals surface area contributed by atoms with Crippen molar-refractivity contribution in [3.05, 3.63) is 108 Å². The molecular formula is C46H57F3N10O7. The smallest absolute Gasteiger partial charge is 0.471 e. The average molecular weight is 919 g/mol. The molecule has 2 fully saturated rings. The number of nitrogens with zero attached hydrogens (tertiary/aromatic N) is 8. The molecule has 4 heterocycles. The number of ketones is 2. The van der Waals surface area contributed by atoms with Gasteiger partial charge in [0, 0.05) is 99.4 Å². The number of alkyl halides is 3. The number of carbonyl (C=O) groups is 5. The number of benzene rings is 2. The highest BCUT2D eigenvalue weighted by Gasteiger charge is 2.38. The lowest BCUT2D eigenvalue weighted by molar-refractivity contribution is -0.173. The van der Waals surface area contributed by atoms with E-state index in [9.17, 15) is 37.1 Å². The SMILES string of the molecule is CCN1CCN(C(=O)N(Cc2ccc(C(=O)CN)cn2)c2cccc(OC)c2)CC1.CCN1CCN(C(=O)N(Cc2ccc(C(=O)CNC(=O)C(F)(F)F)cn2)c2cccc(OC)c2)CC1. The van der Waals surface area contributed by atoms with Gasteiger partial charge in [0.15, 0.2) is 11.6 Å². The van der Waals surface area contributed by atoms with Crippen LogP contribution in [0.25, 0.3) is 0 Å². The number of urea groups is 2. The lowest BCUT2D eigenvalue weighted by Gasteiger charge is -2.37. The Balaban J connectivity index is 0.000000251. The summed E-state index contributed by atoms with van der Waals surface area (Å²) in [6, 6.07) is 20.6. The number of carbonyl (C=O) groups excluding carboxylic acids is 5. The Morgan fingerprint density at radius 2 is 1.08 bits per heavy atom. The number of anilines is 2. The van der Waals surface area contributed by atoms with Crippen molar-refractivity contribution in [3.63, 3.8) is 0 Å². The molecule has 3 N–H and O–H groups in total. The standard InChI is InChI=1S/C24H28F3N5O4.C22H29N5O3/c1-3-30-9-11-31(12-10-30)23(35)32(19-5-4-6-20(13-19)36-2)16-18-8-7-17(14-28-18)21(33)15-29-22(34)24(25,26)27;1-3-25-9-11-26(12-10-25)22(29)27(19-5-4-6-20(13-19)30-2)16-18-8-7-17(15-24-18)21(28)14-23/h4-8,13-14H,3,9-12,15-16H2,1-2H3,(H,29,34);4-8,13,15H,3,9-12,14,16,23H2,1-2H3. The Hall–Kier alpha value is -6.64. The van der Waals surface area contributed by atoms with Gasteiger partial charge in [-0.2, -0.15) is 13.2 Å². The van der Waals surface area contributed by atoms with Crippen LogP contribution in [-0.4, -0.2) is 158 Å². The molecular weight excluding hydrogens is 862 g/mol. The van der Waals surface area contributed by atoms with E-state index in [0.717, 1.165) is 45.0 Å².